The second-order valence-corrected chi connectivity index (χ2v) is 4.35. The van der Waals surface area contributed by atoms with Gasteiger partial charge in [-0.2, -0.15) is 0 Å². The fourth-order valence-electron chi connectivity index (χ4n) is 1.97. The molecule has 1 nitrogen and oxygen atoms in total. The maximum absolute atomic E-state index is 5.67. The lowest BCUT2D eigenvalue weighted by Crippen LogP contribution is -2.08. The van der Waals surface area contributed by atoms with Crippen LogP contribution in [0.5, 0.6) is 0 Å². The van der Waals surface area contributed by atoms with Crippen molar-refractivity contribution < 1.29 is 0 Å². The van der Waals surface area contributed by atoms with Crippen molar-refractivity contribution in [3.63, 3.8) is 0 Å². The highest BCUT2D eigenvalue weighted by atomic mass is 14.5. The largest absolute Gasteiger partial charge is 0.330 e. The van der Waals surface area contributed by atoms with Crippen LogP contribution < -0.4 is 5.73 Å². The number of benzene rings is 1. The molecule has 0 fully saturated rings. The first kappa shape index (κ1) is 20.2. The molecule has 19 heavy (non-hydrogen) atoms. The predicted molar refractivity (Wildman–Crippen MR) is 90.7 cm³/mol. The van der Waals surface area contributed by atoms with Crippen LogP contribution in [-0.2, 0) is 6.42 Å². The molecule has 110 valence electrons. The van der Waals surface area contributed by atoms with E-state index in [9.17, 15) is 0 Å². The van der Waals surface area contributed by atoms with E-state index in [4.69, 9.17) is 5.73 Å². The minimum atomic E-state index is 0.547. The van der Waals surface area contributed by atoms with Crippen molar-refractivity contribution in [2.75, 3.05) is 6.54 Å². The molecule has 0 spiro atoms. The summed E-state index contributed by atoms with van der Waals surface area (Å²) in [6, 6.07) is 6.45. The number of rotatable bonds is 4. The normalized spacial score (nSPS) is 9.11. The molecule has 1 rings (SSSR count). The van der Waals surface area contributed by atoms with Gasteiger partial charge in [0.1, 0.15) is 0 Å². The summed E-state index contributed by atoms with van der Waals surface area (Å²) >= 11 is 0. The SMILES string of the molecule is C=C(C)c1cccc(C(C)C)c1CCN.CC.CC. The van der Waals surface area contributed by atoms with Gasteiger partial charge in [0.15, 0.2) is 0 Å². The van der Waals surface area contributed by atoms with Crippen LogP contribution in [0.3, 0.4) is 0 Å². The quantitative estimate of drug-likeness (QED) is 0.773. The Balaban J connectivity index is 0. The fourth-order valence-corrected chi connectivity index (χ4v) is 1.97. The van der Waals surface area contributed by atoms with E-state index in [1.54, 1.807) is 0 Å². The van der Waals surface area contributed by atoms with Crippen molar-refractivity contribution in [1.82, 2.24) is 0 Å². The van der Waals surface area contributed by atoms with Gasteiger partial charge in [0.2, 0.25) is 0 Å². The maximum atomic E-state index is 5.67. The zero-order valence-electron chi connectivity index (χ0n) is 14.0. The number of hydrogen-bond donors (Lipinski definition) is 1. The Bertz CT molecular complexity index is 351. The van der Waals surface area contributed by atoms with Crippen LogP contribution in [0, 0.1) is 0 Å². The van der Waals surface area contributed by atoms with Gasteiger partial charge in [0, 0.05) is 0 Å². The van der Waals surface area contributed by atoms with Gasteiger partial charge in [-0.25, -0.2) is 0 Å². The van der Waals surface area contributed by atoms with Gasteiger partial charge in [-0.1, -0.05) is 71.9 Å². The molecule has 0 heterocycles. The highest BCUT2D eigenvalue weighted by Crippen LogP contribution is 2.26. The molecule has 1 aromatic rings. The summed E-state index contributed by atoms with van der Waals surface area (Å²) in [6.07, 6.45) is 0.941. The van der Waals surface area contributed by atoms with Gasteiger partial charge >= 0.3 is 0 Å². The van der Waals surface area contributed by atoms with Crippen molar-refractivity contribution in [1.29, 1.82) is 0 Å². The Morgan fingerprint density at radius 1 is 1.16 bits per heavy atom. The third-order valence-electron chi connectivity index (χ3n) is 2.69. The van der Waals surface area contributed by atoms with Gasteiger partial charge in [-0.05, 0) is 42.5 Å². The summed E-state index contributed by atoms with van der Waals surface area (Å²) < 4.78 is 0. The predicted octanol–water partition coefficient (Wildman–Crippen LogP) is 5.40. The third kappa shape index (κ3) is 6.58. The van der Waals surface area contributed by atoms with Crippen molar-refractivity contribution in [3.8, 4) is 0 Å². The Morgan fingerprint density at radius 2 is 1.68 bits per heavy atom. The molecule has 1 heteroatoms. The summed E-state index contributed by atoms with van der Waals surface area (Å²) in [6.45, 7) is 19.2. The van der Waals surface area contributed by atoms with Crippen LogP contribution in [-0.4, -0.2) is 6.54 Å². The van der Waals surface area contributed by atoms with Crippen LogP contribution in [0.25, 0.3) is 5.57 Å². The monoisotopic (exact) mass is 263 g/mol. The first-order valence-corrected chi connectivity index (χ1v) is 7.55. The summed E-state index contributed by atoms with van der Waals surface area (Å²) in [5.74, 6) is 0.547. The summed E-state index contributed by atoms with van der Waals surface area (Å²) in [7, 11) is 0. The molecule has 0 radical (unpaired) electrons. The first-order valence-electron chi connectivity index (χ1n) is 7.55. The Labute approximate surface area is 120 Å². The highest BCUT2D eigenvalue weighted by molar-refractivity contribution is 5.66. The smallest absolute Gasteiger partial charge is 0.00364 e. The molecule has 0 aromatic heterocycles. The molecule has 0 unspecified atom stereocenters. The average molecular weight is 263 g/mol. The third-order valence-corrected chi connectivity index (χ3v) is 2.69. The topological polar surface area (TPSA) is 26.0 Å². The molecule has 0 atom stereocenters. The van der Waals surface area contributed by atoms with Crippen LogP contribution in [0.4, 0.5) is 0 Å². The van der Waals surface area contributed by atoms with E-state index in [0.29, 0.717) is 12.5 Å². The molecule has 0 amide bonds. The maximum Gasteiger partial charge on any atom is -0.00364 e. The highest BCUT2D eigenvalue weighted by Gasteiger charge is 2.10. The van der Waals surface area contributed by atoms with Crippen LogP contribution >= 0.6 is 0 Å². The molecule has 0 saturated heterocycles. The van der Waals surface area contributed by atoms with Gasteiger partial charge in [0.25, 0.3) is 0 Å². The van der Waals surface area contributed by atoms with E-state index < -0.39 is 0 Å². The molecule has 0 saturated carbocycles. The molecule has 2 N–H and O–H groups in total. The minimum Gasteiger partial charge on any atom is -0.330 e. The lowest BCUT2D eigenvalue weighted by molar-refractivity contribution is 0.830. The molecular weight excluding hydrogens is 230 g/mol. The minimum absolute atomic E-state index is 0.547. The lowest BCUT2D eigenvalue weighted by Gasteiger charge is -2.16. The molecule has 1 aromatic carbocycles. The van der Waals surface area contributed by atoms with E-state index in [0.717, 1.165) is 12.0 Å². The second-order valence-electron chi connectivity index (χ2n) is 4.35. The molecule has 0 bridgehead atoms. The Morgan fingerprint density at radius 3 is 2.05 bits per heavy atom. The number of hydrogen-bond acceptors (Lipinski definition) is 1. The average Bonchev–Trinajstić information content (AvgIpc) is 2.43. The van der Waals surface area contributed by atoms with Crippen molar-refractivity contribution in [3.05, 3.63) is 41.5 Å². The summed E-state index contributed by atoms with van der Waals surface area (Å²) in [5.41, 5.74) is 10.8. The lowest BCUT2D eigenvalue weighted by atomic mass is 9.89. The Hall–Kier alpha value is -1.08. The van der Waals surface area contributed by atoms with Crippen molar-refractivity contribution in [2.45, 2.75) is 60.8 Å². The van der Waals surface area contributed by atoms with Crippen molar-refractivity contribution in [2.24, 2.45) is 5.73 Å². The summed E-state index contributed by atoms with van der Waals surface area (Å²) in [4.78, 5) is 0. The van der Waals surface area contributed by atoms with Gasteiger partial charge < -0.3 is 5.73 Å². The molecule has 0 aliphatic rings. The van der Waals surface area contributed by atoms with Gasteiger partial charge in [-0.15, -0.1) is 0 Å². The second kappa shape index (κ2) is 12.0. The van der Waals surface area contributed by atoms with E-state index in [1.165, 1.54) is 16.7 Å². The zero-order valence-corrected chi connectivity index (χ0v) is 14.0. The van der Waals surface area contributed by atoms with Crippen molar-refractivity contribution >= 4 is 5.57 Å². The van der Waals surface area contributed by atoms with Crippen LogP contribution in [0.15, 0.2) is 24.8 Å². The molecule has 0 aliphatic carbocycles. The van der Waals surface area contributed by atoms with Gasteiger partial charge in [0.05, 0.1) is 0 Å². The fraction of sp³-hybridized carbons (Fsp3) is 0.556. The van der Waals surface area contributed by atoms with E-state index >= 15 is 0 Å². The molecule has 0 aliphatic heterocycles. The first-order chi connectivity index (χ1) is 9.07. The van der Waals surface area contributed by atoms with E-state index in [-0.39, 0.29) is 0 Å². The van der Waals surface area contributed by atoms with Crippen LogP contribution in [0.1, 0.15) is 71.1 Å². The molecular formula is C18H33N. The van der Waals surface area contributed by atoms with E-state index in [1.807, 2.05) is 27.7 Å². The van der Waals surface area contributed by atoms with Crippen LogP contribution in [0.2, 0.25) is 0 Å². The summed E-state index contributed by atoms with van der Waals surface area (Å²) in [5, 5.41) is 0. The number of nitrogens with two attached hydrogens (primary N) is 1. The standard InChI is InChI=1S/C14H21N.2C2H6/c1-10(2)12-6-5-7-13(11(3)4)14(12)8-9-15;2*1-2/h5-7,11H,1,8-9,15H2,2-4H3;2*1-2H3. The number of allylic oxidation sites excluding steroid dienone is 1. The van der Waals surface area contributed by atoms with E-state index in [2.05, 4.69) is 45.5 Å². The Kier molecular flexibility index (Phi) is 12.8. The zero-order chi connectivity index (χ0) is 15.4. The van der Waals surface area contributed by atoms with Gasteiger partial charge in [-0.3, -0.25) is 0 Å².